The molecule has 0 spiro atoms. The van der Waals surface area contributed by atoms with Crippen LogP contribution in [0.15, 0.2) is 12.7 Å². The third kappa shape index (κ3) is 8.58. The SMILES string of the molecule is C=CCOCC[C@@H](NC(=O)OC(C)(C)C)C(=O)O. The van der Waals surface area contributed by atoms with E-state index in [-0.39, 0.29) is 13.0 Å². The highest BCUT2D eigenvalue weighted by Crippen LogP contribution is 2.07. The lowest BCUT2D eigenvalue weighted by Crippen LogP contribution is -2.44. The first kappa shape index (κ1) is 16.4. The highest BCUT2D eigenvalue weighted by Gasteiger charge is 2.23. The molecule has 0 saturated carbocycles. The fourth-order valence-electron chi connectivity index (χ4n) is 1.08. The lowest BCUT2D eigenvalue weighted by Gasteiger charge is -2.21. The summed E-state index contributed by atoms with van der Waals surface area (Å²) in [6.07, 6.45) is 0.984. The molecule has 1 atom stereocenters. The average molecular weight is 259 g/mol. The maximum Gasteiger partial charge on any atom is 0.408 e. The monoisotopic (exact) mass is 259 g/mol. The number of alkyl carbamates (subject to hydrolysis) is 1. The minimum absolute atomic E-state index is 0.169. The van der Waals surface area contributed by atoms with Crippen molar-refractivity contribution in [1.82, 2.24) is 5.32 Å². The van der Waals surface area contributed by atoms with Crippen molar-refractivity contribution < 1.29 is 24.2 Å². The van der Waals surface area contributed by atoms with Crippen molar-refractivity contribution in [3.63, 3.8) is 0 Å². The Morgan fingerprint density at radius 2 is 2.06 bits per heavy atom. The Kier molecular flexibility index (Phi) is 7.04. The van der Waals surface area contributed by atoms with Gasteiger partial charge in [0.1, 0.15) is 11.6 Å². The number of hydrogen-bond donors (Lipinski definition) is 2. The summed E-state index contributed by atoms with van der Waals surface area (Å²) in [5.74, 6) is -1.12. The van der Waals surface area contributed by atoms with Crippen LogP contribution >= 0.6 is 0 Å². The molecular weight excluding hydrogens is 238 g/mol. The minimum Gasteiger partial charge on any atom is -0.480 e. The van der Waals surface area contributed by atoms with Gasteiger partial charge in [0.05, 0.1) is 6.61 Å². The first-order chi connectivity index (χ1) is 8.26. The molecule has 0 aliphatic heterocycles. The molecule has 0 aromatic heterocycles. The van der Waals surface area contributed by atoms with Crippen LogP contribution < -0.4 is 5.32 Å². The Bertz CT molecular complexity index is 295. The number of carboxylic acid groups (broad SMARTS) is 1. The zero-order chi connectivity index (χ0) is 14.2. The molecule has 6 nitrogen and oxygen atoms in total. The maximum atomic E-state index is 11.4. The van der Waals surface area contributed by atoms with E-state index in [9.17, 15) is 9.59 Å². The lowest BCUT2D eigenvalue weighted by molar-refractivity contribution is -0.140. The first-order valence-corrected chi connectivity index (χ1v) is 5.67. The van der Waals surface area contributed by atoms with Gasteiger partial charge >= 0.3 is 12.1 Å². The Labute approximate surface area is 107 Å². The van der Waals surface area contributed by atoms with Crippen LogP contribution in [0.4, 0.5) is 4.79 Å². The van der Waals surface area contributed by atoms with Crippen molar-refractivity contribution in [1.29, 1.82) is 0 Å². The van der Waals surface area contributed by atoms with Crippen molar-refractivity contribution in [2.24, 2.45) is 0 Å². The fraction of sp³-hybridized carbons (Fsp3) is 0.667. The third-order valence-corrected chi connectivity index (χ3v) is 1.78. The van der Waals surface area contributed by atoms with E-state index in [0.717, 1.165) is 0 Å². The molecule has 0 aliphatic rings. The molecule has 0 rings (SSSR count). The van der Waals surface area contributed by atoms with Crippen LogP contribution in [0.1, 0.15) is 27.2 Å². The predicted octanol–water partition coefficient (Wildman–Crippen LogP) is 1.56. The summed E-state index contributed by atoms with van der Waals surface area (Å²) in [5, 5.41) is 11.2. The second kappa shape index (κ2) is 7.71. The van der Waals surface area contributed by atoms with Gasteiger partial charge in [0.15, 0.2) is 0 Å². The molecule has 0 aliphatic carbocycles. The number of carbonyl (C=O) groups excluding carboxylic acids is 1. The van der Waals surface area contributed by atoms with Crippen molar-refractivity contribution >= 4 is 12.1 Å². The average Bonchev–Trinajstić information content (AvgIpc) is 2.19. The number of rotatable bonds is 7. The van der Waals surface area contributed by atoms with E-state index >= 15 is 0 Å². The molecule has 6 heteroatoms. The third-order valence-electron chi connectivity index (χ3n) is 1.78. The molecule has 18 heavy (non-hydrogen) atoms. The van der Waals surface area contributed by atoms with Gasteiger partial charge in [-0.25, -0.2) is 9.59 Å². The van der Waals surface area contributed by atoms with E-state index in [1.54, 1.807) is 26.8 Å². The highest BCUT2D eigenvalue weighted by atomic mass is 16.6. The zero-order valence-electron chi connectivity index (χ0n) is 11.1. The van der Waals surface area contributed by atoms with E-state index in [4.69, 9.17) is 14.6 Å². The Balaban J connectivity index is 4.15. The van der Waals surface area contributed by atoms with Gasteiger partial charge < -0.3 is 19.9 Å². The van der Waals surface area contributed by atoms with Crippen molar-refractivity contribution in [3.05, 3.63) is 12.7 Å². The molecule has 0 aromatic carbocycles. The van der Waals surface area contributed by atoms with Gasteiger partial charge in [0.25, 0.3) is 0 Å². The molecule has 0 fully saturated rings. The Hall–Kier alpha value is -1.56. The van der Waals surface area contributed by atoms with Crippen LogP contribution in [-0.4, -0.2) is 42.0 Å². The molecule has 0 radical (unpaired) electrons. The minimum atomic E-state index is -1.12. The van der Waals surface area contributed by atoms with Crippen LogP contribution in [0.5, 0.6) is 0 Å². The smallest absolute Gasteiger partial charge is 0.408 e. The number of carboxylic acids is 1. The number of aliphatic carboxylic acids is 1. The number of nitrogens with one attached hydrogen (secondary N) is 1. The topological polar surface area (TPSA) is 84.9 Å². The summed E-state index contributed by atoms with van der Waals surface area (Å²) in [4.78, 5) is 22.3. The van der Waals surface area contributed by atoms with Gasteiger partial charge in [0.2, 0.25) is 0 Å². The maximum absolute atomic E-state index is 11.4. The van der Waals surface area contributed by atoms with Crippen molar-refractivity contribution in [3.8, 4) is 0 Å². The Morgan fingerprint density at radius 3 is 2.50 bits per heavy atom. The van der Waals surface area contributed by atoms with E-state index in [2.05, 4.69) is 11.9 Å². The van der Waals surface area contributed by atoms with Gasteiger partial charge in [-0.2, -0.15) is 0 Å². The number of hydrogen-bond acceptors (Lipinski definition) is 4. The summed E-state index contributed by atoms with van der Waals surface area (Å²) in [5.41, 5.74) is -0.660. The number of amides is 1. The molecule has 0 aromatic rings. The largest absolute Gasteiger partial charge is 0.480 e. The van der Waals surface area contributed by atoms with E-state index in [1.807, 2.05) is 0 Å². The summed E-state index contributed by atoms with van der Waals surface area (Å²) < 4.78 is 10.0. The van der Waals surface area contributed by atoms with E-state index in [1.165, 1.54) is 0 Å². The molecule has 0 bridgehead atoms. The summed E-state index contributed by atoms with van der Waals surface area (Å²) in [7, 11) is 0. The van der Waals surface area contributed by atoms with E-state index in [0.29, 0.717) is 6.61 Å². The first-order valence-electron chi connectivity index (χ1n) is 5.67. The second-order valence-electron chi connectivity index (χ2n) is 4.69. The summed E-state index contributed by atoms with van der Waals surface area (Å²) in [6, 6.07) is -1.02. The van der Waals surface area contributed by atoms with Gasteiger partial charge in [-0.1, -0.05) is 6.08 Å². The van der Waals surface area contributed by atoms with Gasteiger partial charge in [0, 0.05) is 13.0 Å². The zero-order valence-corrected chi connectivity index (χ0v) is 11.1. The fourth-order valence-corrected chi connectivity index (χ4v) is 1.08. The van der Waals surface area contributed by atoms with Crippen molar-refractivity contribution in [2.45, 2.75) is 38.8 Å². The predicted molar refractivity (Wildman–Crippen MR) is 66.4 cm³/mol. The van der Waals surface area contributed by atoms with Crippen LogP contribution in [0.25, 0.3) is 0 Å². The number of ether oxygens (including phenoxy) is 2. The molecule has 2 N–H and O–H groups in total. The normalized spacial score (nSPS) is 12.6. The van der Waals surface area contributed by atoms with Crippen LogP contribution in [0.3, 0.4) is 0 Å². The molecule has 0 heterocycles. The van der Waals surface area contributed by atoms with Gasteiger partial charge in [-0.15, -0.1) is 6.58 Å². The van der Waals surface area contributed by atoms with Crippen LogP contribution in [0, 0.1) is 0 Å². The Morgan fingerprint density at radius 1 is 1.44 bits per heavy atom. The standard InChI is InChI=1S/C12H21NO5/c1-5-7-17-8-6-9(10(14)15)13-11(16)18-12(2,3)4/h5,9H,1,6-8H2,2-4H3,(H,13,16)(H,14,15)/t9-/m1/s1. The van der Waals surface area contributed by atoms with E-state index < -0.39 is 23.7 Å². The molecule has 0 saturated heterocycles. The van der Waals surface area contributed by atoms with Crippen LogP contribution in [0.2, 0.25) is 0 Å². The summed E-state index contributed by atoms with van der Waals surface area (Å²) in [6.45, 7) is 9.15. The lowest BCUT2D eigenvalue weighted by atomic mass is 10.2. The van der Waals surface area contributed by atoms with Crippen molar-refractivity contribution in [2.75, 3.05) is 13.2 Å². The highest BCUT2D eigenvalue weighted by molar-refractivity contribution is 5.79. The number of carbonyl (C=O) groups is 2. The molecular formula is C12H21NO5. The second-order valence-corrected chi connectivity index (χ2v) is 4.69. The van der Waals surface area contributed by atoms with Crippen LogP contribution in [-0.2, 0) is 14.3 Å². The van der Waals surface area contributed by atoms with Gasteiger partial charge in [-0.3, -0.25) is 0 Å². The summed E-state index contributed by atoms with van der Waals surface area (Å²) >= 11 is 0. The molecule has 0 unspecified atom stereocenters. The van der Waals surface area contributed by atoms with Gasteiger partial charge in [-0.05, 0) is 20.8 Å². The molecule has 104 valence electrons. The molecule has 1 amide bonds. The quantitative estimate of drug-likeness (QED) is 0.535.